The highest BCUT2D eigenvalue weighted by Crippen LogP contribution is 2.24. The van der Waals surface area contributed by atoms with Crippen LogP contribution in [0.25, 0.3) is 16.6 Å². The second-order valence-corrected chi connectivity index (χ2v) is 4.97. The standard InChI is InChI=1S/C12H10IN3O2/c1-18-7-15-6-4-9-10(13)8-3-2-5-14-11(8)16(9)12(15)17/h2-6H,7H2,1H3. The second kappa shape index (κ2) is 4.36. The molecule has 0 aliphatic heterocycles. The molecule has 3 heterocycles. The summed E-state index contributed by atoms with van der Waals surface area (Å²) in [5.74, 6) is 0. The third kappa shape index (κ3) is 1.56. The SMILES string of the molecule is COCn1ccc2c(I)c3cccnc3n2c1=O. The number of hydrogen-bond donors (Lipinski definition) is 0. The van der Waals surface area contributed by atoms with Gasteiger partial charge in [-0.05, 0) is 40.8 Å². The van der Waals surface area contributed by atoms with Crippen LogP contribution in [0.5, 0.6) is 0 Å². The molecule has 0 saturated carbocycles. The molecule has 5 nitrogen and oxygen atoms in total. The number of aromatic nitrogens is 3. The van der Waals surface area contributed by atoms with Gasteiger partial charge in [-0.3, -0.25) is 4.57 Å². The summed E-state index contributed by atoms with van der Waals surface area (Å²) in [6, 6.07) is 5.75. The molecule has 0 aromatic carbocycles. The van der Waals surface area contributed by atoms with E-state index in [0.29, 0.717) is 5.65 Å². The summed E-state index contributed by atoms with van der Waals surface area (Å²) in [6.07, 6.45) is 3.43. The van der Waals surface area contributed by atoms with Gasteiger partial charge in [-0.1, -0.05) is 0 Å². The number of rotatable bonds is 2. The number of hydrogen-bond acceptors (Lipinski definition) is 3. The van der Waals surface area contributed by atoms with Crippen LogP contribution >= 0.6 is 22.6 Å². The number of ether oxygens (including phenoxy) is 1. The molecule has 18 heavy (non-hydrogen) atoms. The third-order valence-corrected chi connectivity index (χ3v) is 3.95. The lowest BCUT2D eigenvalue weighted by atomic mass is 10.3. The van der Waals surface area contributed by atoms with Crippen LogP contribution in [0.3, 0.4) is 0 Å². The van der Waals surface area contributed by atoms with Gasteiger partial charge in [0.15, 0.2) is 0 Å². The summed E-state index contributed by atoms with van der Waals surface area (Å²) in [5, 5.41) is 0.991. The summed E-state index contributed by atoms with van der Waals surface area (Å²) >= 11 is 2.24. The molecular weight excluding hydrogens is 345 g/mol. The molecule has 0 unspecified atom stereocenters. The molecule has 0 spiro atoms. The van der Waals surface area contributed by atoms with Gasteiger partial charge >= 0.3 is 5.69 Å². The molecule has 3 aromatic rings. The first kappa shape index (κ1) is 11.7. The Bertz CT molecular complexity index is 791. The molecular formula is C12H10IN3O2. The van der Waals surface area contributed by atoms with Crippen LogP contribution in [0.15, 0.2) is 35.4 Å². The van der Waals surface area contributed by atoms with Crippen molar-refractivity contribution < 1.29 is 4.74 Å². The fraction of sp³-hybridized carbons (Fsp3) is 0.167. The number of halogens is 1. The zero-order valence-electron chi connectivity index (χ0n) is 9.63. The third-order valence-electron chi connectivity index (χ3n) is 2.82. The van der Waals surface area contributed by atoms with Gasteiger partial charge in [-0.25, -0.2) is 14.2 Å². The average Bonchev–Trinajstić information content (AvgIpc) is 2.68. The van der Waals surface area contributed by atoms with Crippen LogP contribution in [-0.4, -0.2) is 21.1 Å². The molecule has 0 aliphatic rings. The Balaban J connectivity index is 2.51. The van der Waals surface area contributed by atoms with Crippen molar-refractivity contribution in [2.45, 2.75) is 6.73 Å². The summed E-state index contributed by atoms with van der Waals surface area (Å²) in [5.41, 5.74) is 1.43. The molecule has 3 rings (SSSR count). The predicted molar refractivity (Wildman–Crippen MR) is 76.7 cm³/mol. The zero-order valence-corrected chi connectivity index (χ0v) is 11.8. The normalized spacial score (nSPS) is 11.4. The van der Waals surface area contributed by atoms with Crippen LogP contribution in [0.4, 0.5) is 0 Å². The molecule has 0 fully saturated rings. The largest absolute Gasteiger partial charge is 0.364 e. The highest BCUT2D eigenvalue weighted by molar-refractivity contribution is 14.1. The van der Waals surface area contributed by atoms with Gasteiger partial charge < -0.3 is 4.74 Å². The molecule has 0 atom stereocenters. The van der Waals surface area contributed by atoms with E-state index in [2.05, 4.69) is 27.6 Å². The number of pyridine rings is 1. The number of nitrogens with zero attached hydrogens (tertiary/aromatic N) is 3. The molecule has 6 heteroatoms. The molecule has 3 aromatic heterocycles. The lowest BCUT2D eigenvalue weighted by Gasteiger charge is -2.04. The van der Waals surface area contributed by atoms with E-state index in [1.165, 1.54) is 4.57 Å². The van der Waals surface area contributed by atoms with Gasteiger partial charge in [-0.15, -0.1) is 0 Å². The highest BCUT2D eigenvalue weighted by atomic mass is 127. The van der Waals surface area contributed by atoms with E-state index in [9.17, 15) is 4.79 Å². The van der Waals surface area contributed by atoms with Gasteiger partial charge in [0.05, 0.1) is 5.52 Å². The van der Waals surface area contributed by atoms with E-state index in [0.717, 1.165) is 14.5 Å². The van der Waals surface area contributed by atoms with Gasteiger partial charge in [0.2, 0.25) is 0 Å². The lowest BCUT2D eigenvalue weighted by molar-refractivity contribution is 0.126. The van der Waals surface area contributed by atoms with Crippen molar-refractivity contribution in [1.29, 1.82) is 0 Å². The molecule has 0 radical (unpaired) electrons. The van der Waals surface area contributed by atoms with Crippen LogP contribution < -0.4 is 5.69 Å². The van der Waals surface area contributed by atoms with Crippen molar-refractivity contribution in [2.75, 3.05) is 7.11 Å². The van der Waals surface area contributed by atoms with Crippen molar-refractivity contribution in [3.63, 3.8) is 0 Å². The maximum absolute atomic E-state index is 12.3. The quantitative estimate of drug-likeness (QED) is 0.660. The minimum absolute atomic E-state index is 0.138. The van der Waals surface area contributed by atoms with E-state index in [1.807, 2.05) is 18.2 Å². The minimum Gasteiger partial charge on any atom is -0.364 e. The maximum Gasteiger partial charge on any atom is 0.336 e. The van der Waals surface area contributed by atoms with Gasteiger partial charge in [0.25, 0.3) is 0 Å². The Hall–Kier alpha value is -1.41. The summed E-state index contributed by atoms with van der Waals surface area (Å²) in [6.45, 7) is 0.234. The van der Waals surface area contributed by atoms with Crippen LogP contribution in [0, 0.1) is 3.57 Å². The van der Waals surface area contributed by atoms with Crippen molar-refractivity contribution >= 4 is 39.1 Å². The monoisotopic (exact) mass is 355 g/mol. The maximum atomic E-state index is 12.3. The predicted octanol–water partition coefficient (Wildman–Crippen LogP) is 1.86. The first-order chi connectivity index (χ1) is 8.74. The molecule has 0 amide bonds. The molecule has 0 bridgehead atoms. The number of methoxy groups -OCH3 is 1. The Morgan fingerprint density at radius 3 is 3.06 bits per heavy atom. The van der Waals surface area contributed by atoms with Crippen LogP contribution in [0.2, 0.25) is 0 Å². The van der Waals surface area contributed by atoms with Gasteiger partial charge in [-0.2, -0.15) is 0 Å². The molecule has 0 saturated heterocycles. The Labute approximate surface area is 116 Å². The van der Waals surface area contributed by atoms with Gasteiger partial charge in [0, 0.05) is 28.5 Å². The fourth-order valence-corrected chi connectivity index (χ4v) is 2.87. The summed E-state index contributed by atoms with van der Waals surface area (Å²) in [7, 11) is 1.56. The van der Waals surface area contributed by atoms with Crippen molar-refractivity contribution in [2.24, 2.45) is 0 Å². The number of fused-ring (bicyclic) bond motifs is 3. The first-order valence-corrected chi connectivity index (χ1v) is 6.45. The molecule has 0 aliphatic carbocycles. The highest BCUT2D eigenvalue weighted by Gasteiger charge is 2.13. The fourth-order valence-electron chi connectivity index (χ4n) is 2.03. The van der Waals surface area contributed by atoms with Crippen molar-refractivity contribution in [3.05, 3.63) is 44.6 Å². The van der Waals surface area contributed by atoms with Gasteiger partial charge in [0.1, 0.15) is 12.4 Å². The van der Waals surface area contributed by atoms with E-state index in [4.69, 9.17) is 4.74 Å². The zero-order chi connectivity index (χ0) is 12.7. The van der Waals surface area contributed by atoms with E-state index >= 15 is 0 Å². The van der Waals surface area contributed by atoms with E-state index < -0.39 is 0 Å². The van der Waals surface area contributed by atoms with Crippen LogP contribution in [0.1, 0.15) is 0 Å². The Morgan fingerprint density at radius 1 is 1.44 bits per heavy atom. The summed E-state index contributed by atoms with van der Waals surface area (Å²) < 4.78 is 9.18. The first-order valence-electron chi connectivity index (χ1n) is 5.37. The van der Waals surface area contributed by atoms with Crippen LogP contribution in [-0.2, 0) is 11.5 Å². The van der Waals surface area contributed by atoms with E-state index in [-0.39, 0.29) is 12.4 Å². The second-order valence-electron chi connectivity index (χ2n) is 3.90. The van der Waals surface area contributed by atoms with Crippen molar-refractivity contribution in [1.82, 2.24) is 14.0 Å². The molecule has 92 valence electrons. The minimum atomic E-state index is -0.138. The average molecular weight is 355 g/mol. The lowest BCUT2D eigenvalue weighted by Crippen LogP contribution is -2.26. The summed E-state index contributed by atoms with van der Waals surface area (Å²) in [4.78, 5) is 16.6. The van der Waals surface area contributed by atoms with E-state index in [1.54, 1.807) is 23.9 Å². The topological polar surface area (TPSA) is 48.5 Å². The Morgan fingerprint density at radius 2 is 2.28 bits per heavy atom. The smallest absolute Gasteiger partial charge is 0.336 e. The molecule has 0 N–H and O–H groups in total. The van der Waals surface area contributed by atoms with Crippen molar-refractivity contribution in [3.8, 4) is 0 Å². The Kier molecular flexibility index (Phi) is 2.83.